The van der Waals surface area contributed by atoms with Gasteiger partial charge >= 0.3 is 5.69 Å². The molecular weight excluding hydrogens is 262 g/mol. The Morgan fingerprint density at radius 1 is 1.67 bits per heavy atom. The Hall–Kier alpha value is -1.15. The standard InChI is InChI=1S/C10H14ClN3O4/c1-4-7(16)6(3-15)18-9(4)14-2-5(11)8(12)13-10(14)17/h2,4,6-7,9,15-16H,3H2,1H3,(H2,12,13,17)/t4-,6+,7-,9+/m0/s1. The van der Waals surface area contributed by atoms with Crippen molar-refractivity contribution in [2.75, 3.05) is 12.3 Å². The van der Waals surface area contributed by atoms with Crippen molar-refractivity contribution in [3.05, 3.63) is 21.7 Å². The Kier molecular flexibility index (Phi) is 3.58. The second-order valence-corrected chi connectivity index (χ2v) is 4.67. The van der Waals surface area contributed by atoms with Crippen molar-refractivity contribution < 1.29 is 14.9 Å². The molecule has 1 saturated heterocycles. The summed E-state index contributed by atoms with van der Waals surface area (Å²) < 4.78 is 6.59. The first-order valence-electron chi connectivity index (χ1n) is 5.44. The molecule has 1 aromatic rings. The predicted molar refractivity (Wildman–Crippen MR) is 64.1 cm³/mol. The Balaban J connectivity index is 2.39. The third kappa shape index (κ3) is 2.10. The highest BCUT2D eigenvalue weighted by molar-refractivity contribution is 6.32. The van der Waals surface area contributed by atoms with E-state index in [0.717, 1.165) is 0 Å². The molecule has 0 aliphatic carbocycles. The molecule has 100 valence electrons. The number of anilines is 1. The molecule has 7 nitrogen and oxygen atoms in total. The maximum atomic E-state index is 11.7. The Morgan fingerprint density at radius 2 is 2.33 bits per heavy atom. The zero-order chi connectivity index (χ0) is 13.4. The van der Waals surface area contributed by atoms with Gasteiger partial charge in [0.15, 0.2) is 0 Å². The van der Waals surface area contributed by atoms with Gasteiger partial charge in [-0.15, -0.1) is 0 Å². The van der Waals surface area contributed by atoms with Gasteiger partial charge in [-0.25, -0.2) is 4.79 Å². The van der Waals surface area contributed by atoms with Gasteiger partial charge in [0.2, 0.25) is 0 Å². The largest absolute Gasteiger partial charge is 0.394 e. The summed E-state index contributed by atoms with van der Waals surface area (Å²) in [6.45, 7) is 1.38. The molecule has 0 radical (unpaired) electrons. The van der Waals surface area contributed by atoms with E-state index >= 15 is 0 Å². The molecule has 18 heavy (non-hydrogen) atoms. The lowest BCUT2D eigenvalue weighted by atomic mass is 10.0. The number of hydrogen-bond donors (Lipinski definition) is 3. The quantitative estimate of drug-likeness (QED) is 0.662. The Bertz CT molecular complexity index is 506. The number of ether oxygens (including phenoxy) is 1. The van der Waals surface area contributed by atoms with Crippen LogP contribution in [0.1, 0.15) is 13.2 Å². The van der Waals surface area contributed by atoms with Gasteiger partial charge in [-0.05, 0) is 0 Å². The first-order valence-corrected chi connectivity index (χ1v) is 5.82. The third-order valence-corrected chi connectivity index (χ3v) is 3.36. The molecule has 4 atom stereocenters. The highest BCUT2D eigenvalue weighted by Gasteiger charge is 2.42. The van der Waals surface area contributed by atoms with Crippen LogP contribution in [0.5, 0.6) is 0 Å². The molecule has 2 heterocycles. The van der Waals surface area contributed by atoms with E-state index in [2.05, 4.69) is 4.98 Å². The summed E-state index contributed by atoms with van der Waals surface area (Å²) in [6.07, 6.45) is -0.994. The summed E-state index contributed by atoms with van der Waals surface area (Å²) in [4.78, 5) is 15.3. The van der Waals surface area contributed by atoms with E-state index in [4.69, 9.17) is 27.2 Å². The monoisotopic (exact) mass is 275 g/mol. The molecule has 4 N–H and O–H groups in total. The van der Waals surface area contributed by atoms with Gasteiger partial charge in [-0.2, -0.15) is 4.98 Å². The van der Waals surface area contributed by atoms with Crippen molar-refractivity contribution in [3.8, 4) is 0 Å². The number of nitrogen functional groups attached to an aromatic ring is 1. The van der Waals surface area contributed by atoms with E-state index in [1.165, 1.54) is 10.8 Å². The Labute approximate surface area is 108 Å². The second-order valence-electron chi connectivity index (χ2n) is 4.26. The number of aliphatic hydroxyl groups excluding tert-OH is 2. The first-order chi connectivity index (χ1) is 8.45. The van der Waals surface area contributed by atoms with Gasteiger partial charge in [-0.3, -0.25) is 4.57 Å². The van der Waals surface area contributed by atoms with Crippen LogP contribution < -0.4 is 11.4 Å². The summed E-state index contributed by atoms with van der Waals surface area (Å²) >= 11 is 5.80. The third-order valence-electron chi connectivity index (χ3n) is 3.07. The fraction of sp³-hybridized carbons (Fsp3) is 0.600. The topological polar surface area (TPSA) is 111 Å². The van der Waals surface area contributed by atoms with Crippen molar-refractivity contribution in [2.24, 2.45) is 5.92 Å². The van der Waals surface area contributed by atoms with E-state index in [-0.39, 0.29) is 23.4 Å². The van der Waals surface area contributed by atoms with E-state index < -0.39 is 24.1 Å². The number of aromatic nitrogens is 2. The smallest absolute Gasteiger partial charge is 0.351 e. The van der Waals surface area contributed by atoms with Crippen LogP contribution in [0.2, 0.25) is 5.02 Å². The number of nitrogens with zero attached hydrogens (tertiary/aromatic N) is 2. The molecule has 0 amide bonds. The lowest BCUT2D eigenvalue weighted by molar-refractivity contribution is -0.0476. The van der Waals surface area contributed by atoms with Crippen LogP contribution in [0.3, 0.4) is 0 Å². The highest BCUT2D eigenvalue weighted by Crippen LogP contribution is 2.33. The number of halogens is 1. The van der Waals surface area contributed by atoms with Crippen LogP contribution in [0.15, 0.2) is 11.0 Å². The van der Waals surface area contributed by atoms with Crippen LogP contribution >= 0.6 is 11.6 Å². The minimum atomic E-state index is -0.858. The molecule has 0 bridgehead atoms. The van der Waals surface area contributed by atoms with Crippen molar-refractivity contribution in [2.45, 2.75) is 25.4 Å². The lowest BCUT2D eigenvalue weighted by Gasteiger charge is -2.18. The maximum Gasteiger partial charge on any atom is 0.351 e. The average Bonchev–Trinajstić information content (AvgIpc) is 2.61. The SMILES string of the molecule is C[C@H]1[C@H](O)[C@@H](CO)O[C@H]1n1cc(Cl)c(N)nc1=O. The van der Waals surface area contributed by atoms with E-state index in [0.29, 0.717) is 0 Å². The van der Waals surface area contributed by atoms with Crippen LogP contribution in [0, 0.1) is 5.92 Å². The maximum absolute atomic E-state index is 11.7. The summed E-state index contributed by atoms with van der Waals surface area (Å²) in [5.74, 6) is -0.427. The van der Waals surface area contributed by atoms with Crippen molar-refractivity contribution >= 4 is 17.4 Å². The van der Waals surface area contributed by atoms with Gasteiger partial charge in [0.25, 0.3) is 0 Å². The minimum Gasteiger partial charge on any atom is -0.394 e. The predicted octanol–water partition coefficient (Wildman–Crippen LogP) is -0.634. The van der Waals surface area contributed by atoms with E-state index in [9.17, 15) is 9.90 Å². The minimum absolute atomic E-state index is 0.0529. The molecule has 0 spiro atoms. The van der Waals surface area contributed by atoms with Gasteiger partial charge in [0, 0.05) is 12.1 Å². The summed E-state index contributed by atoms with van der Waals surface area (Å²) in [5, 5.41) is 19.0. The van der Waals surface area contributed by atoms with Crippen LogP contribution in [-0.2, 0) is 4.74 Å². The molecular formula is C10H14ClN3O4. The molecule has 2 rings (SSSR count). The number of rotatable bonds is 2. The van der Waals surface area contributed by atoms with E-state index in [1.807, 2.05) is 0 Å². The van der Waals surface area contributed by atoms with Crippen molar-refractivity contribution in [3.63, 3.8) is 0 Å². The summed E-state index contributed by atoms with van der Waals surface area (Å²) in [5.41, 5.74) is 4.81. The molecule has 1 fully saturated rings. The molecule has 0 unspecified atom stereocenters. The van der Waals surface area contributed by atoms with E-state index in [1.54, 1.807) is 6.92 Å². The highest BCUT2D eigenvalue weighted by atomic mass is 35.5. The first kappa shape index (κ1) is 13.3. The molecule has 0 aromatic carbocycles. The number of hydrogen-bond acceptors (Lipinski definition) is 6. The zero-order valence-electron chi connectivity index (χ0n) is 9.65. The molecule has 1 aliphatic heterocycles. The molecule has 8 heteroatoms. The fourth-order valence-electron chi connectivity index (χ4n) is 2.00. The molecule has 1 aliphatic rings. The summed E-state index contributed by atoms with van der Waals surface area (Å²) in [7, 11) is 0. The van der Waals surface area contributed by atoms with Crippen molar-refractivity contribution in [1.82, 2.24) is 9.55 Å². The molecule has 0 saturated carbocycles. The second kappa shape index (κ2) is 4.85. The molecule has 1 aromatic heterocycles. The van der Waals surface area contributed by atoms with Gasteiger partial charge in [-0.1, -0.05) is 18.5 Å². The normalized spacial score (nSPS) is 31.8. The van der Waals surface area contributed by atoms with Gasteiger partial charge < -0.3 is 20.7 Å². The number of aliphatic hydroxyl groups is 2. The van der Waals surface area contributed by atoms with Crippen molar-refractivity contribution in [1.29, 1.82) is 0 Å². The zero-order valence-corrected chi connectivity index (χ0v) is 10.4. The van der Waals surface area contributed by atoms with Crippen LogP contribution in [0.4, 0.5) is 5.82 Å². The average molecular weight is 276 g/mol. The summed E-state index contributed by atoms with van der Waals surface area (Å²) in [6, 6.07) is 0. The lowest BCUT2D eigenvalue weighted by Crippen LogP contribution is -2.31. The van der Waals surface area contributed by atoms with Crippen LogP contribution in [0.25, 0.3) is 0 Å². The van der Waals surface area contributed by atoms with Gasteiger partial charge in [0.05, 0.1) is 17.7 Å². The Morgan fingerprint density at radius 3 is 2.89 bits per heavy atom. The fourth-order valence-corrected chi connectivity index (χ4v) is 2.15. The van der Waals surface area contributed by atoms with Gasteiger partial charge in [0.1, 0.15) is 18.1 Å². The number of nitrogens with two attached hydrogens (primary N) is 1. The van der Waals surface area contributed by atoms with Crippen LogP contribution in [-0.4, -0.2) is 38.6 Å².